The maximum atomic E-state index is 10.7. The molecule has 0 amide bonds. The molecule has 1 N–H and O–H groups in total. The van der Waals surface area contributed by atoms with Gasteiger partial charge in [-0.25, -0.2) is 0 Å². The van der Waals surface area contributed by atoms with Crippen molar-refractivity contribution >= 4 is 17.6 Å². The van der Waals surface area contributed by atoms with Gasteiger partial charge in [-0.05, 0) is 12.0 Å². The Hall–Kier alpha value is -0.760. The largest absolute Gasteiger partial charge is 0.481 e. The number of aliphatic carboxylic acids is 1. The minimum absolute atomic E-state index is 0.347. The predicted octanol–water partition coefficient (Wildman–Crippen LogP) is 5.77. The fourth-order valence-corrected chi connectivity index (χ4v) is 1.84. The molecule has 0 aromatic heterocycles. The van der Waals surface area contributed by atoms with Gasteiger partial charge in [-0.15, -0.1) is 6.58 Å². The number of hydrogen-bond acceptors (Lipinski definition) is 1. The van der Waals surface area contributed by atoms with Gasteiger partial charge in [0, 0.05) is 0 Å². The van der Waals surface area contributed by atoms with Crippen LogP contribution >= 0.6 is 11.6 Å². The van der Waals surface area contributed by atoms with Crippen molar-refractivity contribution in [2.75, 3.05) is 0 Å². The van der Waals surface area contributed by atoms with E-state index in [1.54, 1.807) is 6.08 Å². The second kappa shape index (κ2) is 17.2. The predicted molar refractivity (Wildman–Crippen MR) is 84.6 cm³/mol. The van der Waals surface area contributed by atoms with Crippen molar-refractivity contribution in [1.29, 1.82) is 0 Å². The van der Waals surface area contributed by atoms with Crippen LogP contribution in [0.1, 0.15) is 64.7 Å². The summed E-state index contributed by atoms with van der Waals surface area (Å²) in [7, 11) is 0. The molecule has 0 saturated carbocycles. The average molecular weight is 289 g/mol. The standard InChI is InChI=1S/C14H26O2.C2H3Cl/c1-3-5-6-7-8-9-10-11-12-13(4-2)14(15)16;1-2-3/h4,13H,2-3,5-12H2,1H3,(H,15,16);2H,1H2. The number of carbonyl (C=O) groups is 1. The second-order valence-corrected chi connectivity index (χ2v) is 4.91. The van der Waals surface area contributed by atoms with Crippen LogP contribution in [0.4, 0.5) is 0 Å². The molecule has 2 nitrogen and oxygen atoms in total. The fraction of sp³-hybridized carbons (Fsp3) is 0.688. The molecule has 112 valence electrons. The molecule has 19 heavy (non-hydrogen) atoms. The zero-order valence-corrected chi connectivity index (χ0v) is 13.0. The molecule has 0 rings (SSSR count). The van der Waals surface area contributed by atoms with Gasteiger partial charge in [0.2, 0.25) is 0 Å². The lowest BCUT2D eigenvalue weighted by atomic mass is 10.0. The molecule has 3 heteroatoms. The number of carboxylic acids is 1. The van der Waals surface area contributed by atoms with Crippen LogP contribution in [0.2, 0.25) is 0 Å². The van der Waals surface area contributed by atoms with Crippen LogP contribution in [-0.2, 0) is 4.79 Å². The van der Waals surface area contributed by atoms with Gasteiger partial charge >= 0.3 is 5.97 Å². The highest BCUT2D eigenvalue weighted by Gasteiger charge is 2.11. The first-order chi connectivity index (χ1) is 9.13. The fourth-order valence-electron chi connectivity index (χ4n) is 1.84. The van der Waals surface area contributed by atoms with Crippen LogP contribution in [0.15, 0.2) is 24.8 Å². The highest BCUT2D eigenvalue weighted by atomic mass is 35.5. The lowest BCUT2D eigenvalue weighted by molar-refractivity contribution is -0.140. The normalized spacial score (nSPS) is 11.1. The first kappa shape index (κ1) is 20.6. The van der Waals surface area contributed by atoms with E-state index < -0.39 is 5.97 Å². The van der Waals surface area contributed by atoms with E-state index in [4.69, 9.17) is 16.7 Å². The number of carboxylic acid groups (broad SMARTS) is 1. The number of hydrogen-bond donors (Lipinski definition) is 1. The maximum Gasteiger partial charge on any atom is 0.310 e. The third kappa shape index (κ3) is 17.2. The Kier molecular flexibility index (Phi) is 18.7. The smallest absolute Gasteiger partial charge is 0.310 e. The number of halogens is 1. The van der Waals surface area contributed by atoms with Crippen molar-refractivity contribution in [3.63, 3.8) is 0 Å². The lowest BCUT2D eigenvalue weighted by Crippen LogP contribution is -2.10. The van der Waals surface area contributed by atoms with Gasteiger partial charge in [-0.1, -0.05) is 82.5 Å². The van der Waals surface area contributed by atoms with Gasteiger partial charge < -0.3 is 5.11 Å². The molecule has 0 aliphatic rings. The van der Waals surface area contributed by atoms with E-state index >= 15 is 0 Å². The molecule has 0 aromatic rings. The van der Waals surface area contributed by atoms with Gasteiger partial charge in [0.1, 0.15) is 0 Å². The Bertz CT molecular complexity index is 227. The van der Waals surface area contributed by atoms with Crippen molar-refractivity contribution in [2.24, 2.45) is 5.92 Å². The minimum Gasteiger partial charge on any atom is -0.481 e. The summed E-state index contributed by atoms with van der Waals surface area (Å²) in [6.45, 7) is 8.90. The van der Waals surface area contributed by atoms with Crippen molar-refractivity contribution in [3.8, 4) is 0 Å². The Morgan fingerprint density at radius 1 is 1.11 bits per heavy atom. The van der Waals surface area contributed by atoms with E-state index in [2.05, 4.69) is 20.1 Å². The topological polar surface area (TPSA) is 37.3 Å². The molecular weight excluding hydrogens is 260 g/mol. The van der Waals surface area contributed by atoms with Gasteiger partial charge in [-0.3, -0.25) is 4.79 Å². The van der Waals surface area contributed by atoms with Crippen LogP contribution in [0.3, 0.4) is 0 Å². The summed E-state index contributed by atoms with van der Waals surface area (Å²) < 4.78 is 0. The Labute approximate surface area is 123 Å². The molecule has 0 aliphatic carbocycles. The van der Waals surface area contributed by atoms with Crippen molar-refractivity contribution in [3.05, 3.63) is 24.8 Å². The molecule has 0 aromatic carbocycles. The van der Waals surface area contributed by atoms with Gasteiger partial charge in [0.25, 0.3) is 0 Å². The van der Waals surface area contributed by atoms with Crippen LogP contribution in [-0.4, -0.2) is 11.1 Å². The van der Waals surface area contributed by atoms with Crippen LogP contribution in [0.25, 0.3) is 0 Å². The summed E-state index contributed by atoms with van der Waals surface area (Å²) in [4.78, 5) is 10.7. The Balaban J connectivity index is 0. The van der Waals surface area contributed by atoms with Crippen LogP contribution in [0.5, 0.6) is 0 Å². The van der Waals surface area contributed by atoms with Gasteiger partial charge in [-0.2, -0.15) is 0 Å². The summed E-state index contributed by atoms with van der Waals surface area (Å²) in [5.41, 5.74) is 1.22. The summed E-state index contributed by atoms with van der Waals surface area (Å²) in [6, 6.07) is 0. The van der Waals surface area contributed by atoms with E-state index in [1.165, 1.54) is 44.1 Å². The summed E-state index contributed by atoms with van der Waals surface area (Å²) in [5, 5.41) is 8.80. The summed E-state index contributed by atoms with van der Waals surface area (Å²) in [5.74, 6) is -1.09. The van der Waals surface area contributed by atoms with Crippen molar-refractivity contribution < 1.29 is 9.90 Å². The van der Waals surface area contributed by atoms with E-state index in [1.807, 2.05) is 0 Å². The minimum atomic E-state index is -0.738. The molecule has 1 unspecified atom stereocenters. The molecular formula is C16H29ClO2. The van der Waals surface area contributed by atoms with E-state index in [-0.39, 0.29) is 5.92 Å². The van der Waals surface area contributed by atoms with E-state index in [9.17, 15) is 4.79 Å². The quantitative estimate of drug-likeness (QED) is 0.387. The highest BCUT2D eigenvalue weighted by molar-refractivity contribution is 6.25. The lowest BCUT2D eigenvalue weighted by Gasteiger charge is -2.06. The molecule has 1 atom stereocenters. The monoisotopic (exact) mass is 288 g/mol. The van der Waals surface area contributed by atoms with E-state index in [0.717, 1.165) is 19.3 Å². The summed E-state index contributed by atoms with van der Waals surface area (Å²) in [6.07, 6.45) is 12.3. The van der Waals surface area contributed by atoms with E-state index in [0.29, 0.717) is 0 Å². The third-order valence-corrected chi connectivity index (χ3v) is 2.97. The summed E-state index contributed by atoms with van der Waals surface area (Å²) >= 11 is 4.76. The Morgan fingerprint density at radius 3 is 1.89 bits per heavy atom. The Morgan fingerprint density at radius 2 is 1.53 bits per heavy atom. The highest BCUT2D eigenvalue weighted by Crippen LogP contribution is 2.14. The molecule has 0 fully saturated rings. The van der Waals surface area contributed by atoms with Crippen molar-refractivity contribution in [1.82, 2.24) is 0 Å². The van der Waals surface area contributed by atoms with Gasteiger partial charge in [0.05, 0.1) is 5.92 Å². The average Bonchev–Trinajstić information content (AvgIpc) is 2.37. The van der Waals surface area contributed by atoms with Crippen LogP contribution in [0, 0.1) is 5.92 Å². The maximum absolute atomic E-state index is 10.7. The first-order valence-corrected chi connectivity index (χ1v) is 7.64. The molecule has 0 aliphatic heterocycles. The zero-order valence-electron chi connectivity index (χ0n) is 12.2. The molecule has 0 bridgehead atoms. The molecule has 0 radical (unpaired) electrons. The number of rotatable bonds is 11. The van der Waals surface area contributed by atoms with Gasteiger partial charge in [0.15, 0.2) is 0 Å². The number of unbranched alkanes of at least 4 members (excludes halogenated alkanes) is 7. The molecule has 0 heterocycles. The first-order valence-electron chi connectivity index (χ1n) is 7.20. The van der Waals surface area contributed by atoms with Crippen molar-refractivity contribution in [2.45, 2.75) is 64.7 Å². The SMILES string of the molecule is C=CC(CCCCCCCCCC)C(=O)O.C=CCl. The van der Waals surface area contributed by atoms with Crippen LogP contribution < -0.4 is 0 Å². The molecule has 0 saturated heterocycles. The molecule has 0 spiro atoms. The third-order valence-electron chi connectivity index (χ3n) is 2.97. The second-order valence-electron chi connectivity index (χ2n) is 4.60. The zero-order chi connectivity index (χ0) is 14.9.